The summed E-state index contributed by atoms with van der Waals surface area (Å²) in [5.74, 6) is 0.0200. The van der Waals surface area contributed by atoms with Crippen LogP contribution in [0.15, 0.2) is 11.4 Å². The first-order chi connectivity index (χ1) is 7.24. The Morgan fingerprint density at radius 2 is 2.47 bits per heavy atom. The van der Waals surface area contributed by atoms with Crippen LogP contribution in [0.25, 0.3) is 0 Å². The summed E-state index contributed by atoms with van der Waals surface area (Å²) >= 11 is 1.46. The number of nitrogens with zero attached hydrogens (tertiary/aromatic N) is 2. The molecule has 1 heterocycles. The van der Waals surface area contributed by atoms with Gasteiger partial charge in [-0.05, 0) is 36.8 Å². The average Bonchev–Trinajstić information content (AvgIpc) is 2.97. The van der Waals surface area contributed by atoms with Crippen molar-refractivity contribution in [3.63, 3.8) is 0 Å². The molecule has 1 fully saturated rings. The van der Waals surface area contributed by atoms with E-state index in [-0.39, 0.29) is 12.5 Å². The van der Waals surface area contributed by atoms with Gasteiger partial charge in [0.25, 0.3) is 5.91 Å². The molecule has 1 aliphatic carbocycles. The summed E-state index contributed by atoms with van der Waals surface area (Å²) in [7, 11) is 0. The van der Waals surface area contributed by atoms with Gasteiger partial charge >= 0.3 is 0 Å². The van der Waals surface area contributed by atoms with Crippen LogP contribution in [0.1, 0.15) is 28.1 Å². The van der Waals surface area contributed by atoms with E-state index in [0.717, 1.165) is 23.3 Å². The lowest BCUT2D eigenvalue weighted by Crippen LogP contribution is -2.33. The highest BCUT2D eigenvalue weighted by Crippen LogP contribution is 2.29. The van der Waals surface area contributed by atoms with Crippen LogP contribution in [0.3, 0.4) is 0 Å². The van der Waals surface area contributed by atoms with Crippen molar-refractivity contribution < 1.29 is 4.79 Å². The molecule has 0 atom stereocenters. The van der Waals surface area contributed by atoms with E-state index in [9.17, 15) is 4.79 Å². The highest BCUT2D eigenvalue weighted by molar-refractivity contribution is 7.12. The molecule has 0 bridgehead atoms. The Labute approximate surface area is 92.9 Å². The van der Waals surface area contributed by atoms with Crippen molar-refractivity contribution in [3.8, 4) is 6.07 Å². The van der Waals surface area contributed by atoms with Gasteiger partial charge in [-0.15, -0.1) is 11.3 Å². The second-order valence-corrected chi connectivity index (χ2v) is 4.67. The molecule has 15 heavy (non-hydrogen) atoms. The number of aryl methyl sites for hydroxylation is 1. The summed E-state index contributed by atoms with van der Waals surface area (Å²) in [4.78, 5) is 14.6. The Morgan fingerprint density at radius 3 is 2.93 bits per heavy atom. The highest BCUT2D eigenvalue weighted by atomic mass is 32.1. The van der Waals surface area contributed by atoms with Gasteiger partial charge in [0.1, 0.15) is 6.54 Å². The van der Waals surface area contributed by atoms with E-state index in [2.05, 4.69) is 6.07 Å². The van der Waals surface area contributed by atoms with E-state index in [0.29, 0.717) is 6.04 Å². The van der Waals surface area contributed by atoms with E-state index < -0.39 is 0 Å². The second-order valence-electron chi connectivity index (χ2n) is 3.76. The summed E-state index contributed by atoms with van der Waals surface area (Å²) in [5.41, 5.74) is 1.01. The topological polar surface area (TPSA) is 44.1 Å². The Bertz CT molecular complexity index is 414. The van der Waals surface area contributed by atoms with Crippen molar-refractivity contribution in [2.45, 2.75) is 25.8 Å². The molecule has 0 spiro atoms. The van der Waals surface area contributed by atoms with Crippen LogP contribution >= 0.6 is 11.3 Å². The molecular weight excluding hydrogens is 208 g/mol. The number of carbonyl (C=O) groups is 1. The molecule has 0 unspecified atom stereocenters. The fourth-order valence-corrected chi connectivity index (χ4v) is 2.43. The zero-order valence-electron chi connectivity index (χ0n) is 8.56. The van der Waals surface area contributed by atoms with Crippen molar-refractivity contribution in [1.29, 1.82) is 5.26 Å². The predicted molar refractivity (Wildman–Crippen MR) is 58.7 cm³/mol. The monoisotopic (exact) mass is 220 g/mol. The van der Waals surface area contributed by atoms with Crippen LogP contribution in [0, 0.1) is 18.3 Å². The molecule has 1 saturated carbocycles. The molecule has 0 aliphatic heterocycles. The van der Waals surface area contributed by atoms with E-state index in [1.54, 1.807) is 4.90 Å². The van der Waals surface area contributed by atoms with Crippen molar-refractivity contribution in [2.24, 2.45) is 0 Å². The fourth-order valence-electron chi connectivity index (χ4n) is 1.55. The molecule has 1 amide bonds. The summed E-state index contributed by atoms with van der Waals surface area (Å²) < 4.78 is 0. The van der Waals surface area contributed by atoms with Gasteiger partial charge in [0.15, 0.2) is 0 Å². The minimum atomic E-state index is 0.0200. The molecule has 78 valence electrons. The van der Waals surface area contributed by atoms with Crippen LogP contribution < -0.4 is 0 Å². The SMILES string of the molecule is Cc1ccsc1C(=O)N(CC#N)C1CC1. The van der Waals surface area contributed by atoms with E-state index >= 15 is 0 Å². The standard InChI is InChI=1S/C11H12N2OS/c1-8-4-7-15-10(8)11(14)13(6-5-12)9-2-3-9/h4,7,9H,2-3,6H2,1H3. The third-order valence-electron chi connectivity index (χ3n) is 2.55. The summed E-state index contributed by atoms with van der Waals surface area (Å²) in [5, 5.41) is 10.6. The number of hydrogen-bond acceptors (Lipinski definition) is 3. The maximum Gasteiger partial charge on any atom is 0.265 e. The maximum atomic E-state index is 12.1. The molecule has 4 heteroatoms. The molecule has 0 radical (unpaired) electrons. The van der Waals surface area contributed by atoms with Gasteiger partial charge < -0.3 is 4.90 Å². The molecule has 1 aliphatic rings. The van der Waals surface area contributed by atoms with Gasteiger partial charge in [-0.25, -0.2) is 0 Å². The molecule has 1 aromatic rings. The predicted octanol–water partition coefficient (Wildman–Crippen LogP) is 2.18. The number of hydrogen-bond donors (Lipinski definition) is 0. The normalized spacial score (nSPS) is 14.7. The zero-order valence-corrected chi connectivity index (χ0v) is 9.38. The Balaban J connectivity index is 2.18. The van der Waals surface area contributed by atoms with E-state index in [1.807, 2.05) is 18.4 Å². The molecule has 2 rings (SSSR count). The highest BCUT2D eigenvalue weighted by Gasteiger charge is 2.33. The van der Waals surface area contributed by atoms with Crippen LogP contribution in [-0.4, -0.2) is 23.4 Å². The van der Waals surface area contributed by atoms with Crippen LogP contribution in [0.5, 0.6) is 0 Å². The number of thiophene rings is 1. The molecule has 0 N–H and O–H groups in total. The van der Waals surface area contributed by atoms with E-state index in [1.165, 1.54) is 11.3 Å². The van der Waals surface area contributed by atoms with Crippen molar-refractivity contribution >= 4 is 17.2 Å². The molecule has 3 nitrogen and oxygen atoms in total. The lowest BCUT2D eigenvalue weighted by molar-refractivity contribution is 0.0769. The van der Waals surface area contributed by atoms with Crippen molar-refractivity contribution in [3.05, 3.63) is 21.9 Å². The zero-order chi connectivity index (χ0) is 10.8. The lowest BCUT2D eigenvalue weighted by Gasteiger charge is -2.18. The van der Waals surface area contributed by atoms with Crippen molar-refractivity contribution in [1.82, 2.24) is 4.90 Å². The minimum Gasteiger partial charge on any atom is -0.322 e. The van der Waals surface area contributed by atoms with Gasteiger partial charge in [-0.2, -0.15) is 5.26 Å². The van der Waals surface area contributed by atoms with Gasteiger partial charge in [-0.3, -0.25) is 4.79 Å². The van der Waals surface area contributed by atoms with Gasteiger partial charge in [0.2, 0.25) is 0 Å². The first-order valence-electron chi connectivity index (χ1n) is 4.96. The van der Waals surface area contributed by atoms with Crippen LogP contribution in [0.2, 0.25) is 0 Å². The average molecular weight is 220 g/mol. The largest absolute Gasteiger partial charge is 0.322 e. The second kappa shape index (κ2) is 4.03. The van der Waals surface area contributed by atoms with Gasteiger partial charge in [0.05, 0.1) is 10.9 Å². The summed E-state index contributed by atoms with van der Waals surface area (Å²) in [6.45, 7) is 2.14. The Morgan fingerprint density at radius 1 is 1.73 bits per heavy atom. The van der Waals surface area contributed by atoms with Gasteiger partial charge in [-0.1, -0.05) is 0 Å². The Hall–Kier alpha value is -1.34. The lowest BCUT2D eigenvalue weighted by atomic mass is 10.2. The minimum absolute atomic E-state index is 0.0200. The fraction of sp³-hybridized carbons (Fsp3) is 0.455. The number of amides is 1. The maximum absolute atomic E-state index is 12.1. The molecule has 0 aromatic carbocycles. The van der Waals surface area contributed by atoms with Crippen molar-refractivity contribution in [2.75, 3.05) is 6.54 Å². The number of nitriles is 1. The molecule has 0 saturated heterocycles. The molecular formula is C11H12N2OS. The van der Waals surface area contributed by atoms with Crippen LogP contribution in [0.4, 0.5) is 0 Å². The van der Waals surface area contributed by atoms with Crippen LogP contribution in [-0.2, 0) is 0 Å². The van der Waals surface area contributed by atoms with Gasteiger partial charge in [0, 0.05) is 6.04 Å². The third kappa shape index (κ3) is 2.02. The first-order valence-corrected chi connectivity index (χ1v) is 5.84. The number of carbonyl (C=O) groups excluding carboxylic acids is 1. The summed E-state index contributed by atoms with van der Waals surface area (Å²) in [6.07, 6.45) is 2.08. The first kappa shape index (κ1) is 10.2. The summed E-state index contributed by atoms with van der Waals surface area (Å²) in [6, 6.07) is 4.31. The quantitative estimate of drug-likeness (QED) is 0.733. The van der Waals surface area contributed by atoms with E-state index in [4.69, 9.17) is 5.26 Å². The smallest absolute Gasteiger partial charge is 0.265 e. The molecule has 1 aromatic heterocycles. The third-order valence-corrected chi connectivity index (χ3v) is 3.55. The Kier molecular flexibility index (Phi) is 2.74. The number of rotatable bonds is 3.